The van der Waals surface area contributed by atoms with Gasteiger partial charge in [-0.15, -0.1) is 0 Å². The summed E-state index contributed by atoms with van der Waals surface area (Å²) in [6.45, 7) is 0.100. The number of halogens is 4. The zero-order valence-corrected chi connectivity index (χ0v) is 15.3. The fraction of sp³-hybridized carbons (Fsp3) is 0.800. The van der Waals surface area contributed by atoms with Crippen molar-refractivity contribution in [2.24, 2.45) is 23.7 Å². The first kappa shape index (κ1) is 18.7. The Kier molecular flexibility index (Phi) is 4.93. The summed E-state index contributed by atoms with van der Waals surface area (Å²) in [6.07, 6.45) is -5.15. The highest BCUT2D eigenvalue weighted by Crippen LogP contribution is 2.59. The number of fused-ring (bicyclic) bond motifs is 1. The Morgan fingerprint density at radius 2 is 2.04 bits per heavy atom. The monoisotopic (exact) mass is 476 g/mol. The predicted molar refractivity (Wildman–Crippen MR) is 83.5 cm³/mol. The van der Waals surface area contributed by atoms with Crippen LogP contribution in [0.3, 0.4) is 0 Å². The molecule has 3 fully saturated rings. The highest BCUT2D eigenvalue weighted by molar-refractivity contribution is 14.1. The van der Waals surface area contributed by atoms with Gasteiger partial charge in [0.05, 0.1) is 11.8 Å². The van der Waals surface area contributed by atoms with Gasteiger partial charge in [0.1, 0.15) is 16.1 Å². The summed E-state index contributed by atoms with van der Waals surface area (Å²) in [5.74, 6) is -4.97. The fourth-order valence-electron chi connectivity index (χ4n) is 4.09. The second kappa shape index (κ2) is 6.58. The van der Waals surface area contributed by atoms with Gasteiger partial charge in [0, 0.05) is 11.8 Å². The van der Waals surface area contributed by atoms with Crippen molar-refractivity contribution in [3.63, 3.8) is 0 Å². The molecule has 10 heteroatoms. The molecule has 1 saturated heterocycles. The van der Waals surface area contributed by atoms with E-state index in [1.54, 1.807) is 0 Å². The van der Waals surface area contributed by atoms with Gasteiger partial charge in [0.25, 0.3) is 0 Å². The van der Waals surface area contributed by atoms with Crippen LogP contribution in [0, 0.1) is 23.7 Å². The molecule has 2 saturated carbocycles. The van der Waals surface area contributed by atoms with Gasteiger partial charge in [-0.1, -0.05) is 29.5 Å². The molecule has 2 bridgehead atoms. The summed E-state index contributed by atoms with van der Waals surface area (Å²) in [6, 6.07) is 0. The molecule has 0 amide bonds. The summed E-state index contributed by atoms with van der Waals surface area (Å²) in [5.41, 5.74) is 0. The maximum Gasteiger partial charge on any atom is 0.422 e. The van der Waals surface area contributed by atoms with E-state index < -0.39 is 60.7 Å². The highest BCUT2D eigenvalue weighted by atomic mass is 127. The standard InChI is InChI=1S/C15H16F3IO6/c1-2-7(19)12(20)24-10-5-3-6-9(14(22)25-11(6)10)8(5)13(21)23-4-15(16,17)18/h5-11H,2-4H2,1H3. The Balaban J connectivity index is 1.75. The number of carbonyl (C=O) groups is 3. The minimum absolute atomic E-state index is 0.326. The lowest BCUT2D eigenvalue weighted by Crippen LogP contribution is -2.44. The lowest BCUT2D eigenvalue weighted by Gasteiger charge is -2.30. The van der Waals surface area contributed by atoms with E-state index in [2.05, 4.69) is 4.74 Å². The average molecular weight is 476 g/mol. The molecule has 3 rings (SSSR count). The van der Waals surface area contributed by atoms with Gasteiger partial charge >= 0.3 is 24.1 Å². The van der Waals surface area contributed by atoms with Crippen LogP contribution in [0.2, 0.25) is 0 Å². The molecule has 6 nitrogen and oxygen atoms in total. The zero-order valence-electron chi connectivity index (χ0n) is 13.1. The van der Waals surface area contributed by atoms with Crippen molar-refractivity contribution in [2.45, 2.75) is 42.1 Å². The van der Waals surface area contributed by atoms with Crippen molar-refractivity contribution in [3.05, 3.63) is 0 Å². The lowest BCUT2D eigenvalue weighted by atomic mass is 9.78. The Hall–Kier alpha value is -1.07. The molecule has 0 spiro atoms. The van der Waals surface area contributed by atoms with Gasteiger partial charge in [-0.3, -0.25) is 14.4 Å². The molecular weight excluding hydrogens is 460 g/mol. The van der Waals surface area contributed by atoms with Crippen LogP contribution in [0.15, 0.2) is 0 Å². The molecule has 7 atom stereocenters. The van der Waals surface area contributed by atoms with Gasteiger partial charge in [-0.2, -0.15) is 13.2 Å². The van der Waals surface area contributed by atoms with Crippen LogP contribution < -0.4 is 0 Å². The van der Waals surface area contributed by atoms with E-state index in [0.717, 1.165) is 0 Å². The third-order valence-corrected chi connectivity index (χ3v) is 6.45. The smallest absolute Gasteiger partial charge is 0.422 e. The second-order valence-electron chi connectivity index (χ2n) is 6.52. The van der Waals surface area contributed by atoms with E-state index in [4.69, 9.17) is 9.47 Å². The normalized spacial score (nSPS) is 36.9. The van der Waals surface area contributed by atoms with Crippen LogP contribution in [0.4, 0.5) is 13.2 Å². The number of rotatable bonds is 5. The van der Waals surface area contributed by atoms with Crippen LogP contribution in [0.5, 0.6) is 0 Å². The predicted octanol–water partition coefficient (Wildman–Crippen LogP) is 2.02. The summed E-state index contributed by atoms with van der Waals surface area (Å²) < 4.78 is 51.5. The molecule has 25 heavy (non-hydrogen) atoms. The molecule has 0 aromatic heterocycles. The van der Waals surface area contributed by atoms with Crippen molar-refractivity contribution in [2.75, 3.05) is 6.61 Å². The van der Waals surface area contributed by atoms with E-state index in [-0.39, 0.29) is 9.84 Å². The van der Waals surface area contributed by atoms with Crippen LogP contribution in [-0.4, -0.2) is 46.8 Å². The highest BCUT2D eigenvalue weighted by Gasteiger charge is 2.70. The number of ether oxygens (including phenoxy) is 3. The average Bonchev–Trinajstić information content (AvgIpc) is 3.14. The van der Waals surface area contributed by atoms with E-state index in [1.165, 1.54) is 0 Å². The topological polar surface area (TPSA) is 78.9 Å². The van der Waals surface area contributed by atoms with E-state index in [1.807, 2.05) is 29.5 Å². The van der Waals surface area contributed by atoms with Crippen molar-refractivity contribution in [3.8, 4) is 0 Å². The van der Waals surface area contributed by atoms with E-state index in [0.29, 0.717) is 12.8 Å². The SMILES string of the molecule is CCC(I)C(=O)OC1C2CC3C1OC(=O)C3C2C(=O)OCC(F)(F)F. The molecule has 2 aliphatic carbocycles. The molecule has 3 aliphatic rings. The maximum absolute atomic E-state index is 12.3. The lowest BCUT2D eigenvalue weighted by molar-refractivity contribution is -0.193. The Morgan fingerprint density at radius 1 is 1.36 bits per heavy atom. The zero-order chi connectivity index (χ0) is 18.5. The quantitative estimate of drug-likeness (QED) is 0.262. The Morgan fingerprint density at radius 3 is 2.64 bits per heavy atom. The summed E-state index contributed by atoms with van der Waals surface area (Å²) in [4.78, 5) is 36.3. The van der Waals surface area contributed by atoms with Crippen molar-refractivity contribution in [1.29, 1.82) is 0 Å². The van der Waals surface area contributed by atoms with Crippen LogP contribution in [-0.2, 0) is 28.6 Å². The van der Waals surface area contributed by atoms with Gasteiger partial charge in [0.15, 0.2) is 6.61 Å². The number of carbonyl (C=O) groups excluding carboxylic acids is 3. The third kappa shape index (κ3) is 3.33. The first-order valence-electron chi connectivity index (χ1n) is 7.92. The van der Waals surface area contributed by atoms with Crippen LogP contribution in [0.25, 0.3) is 0 Å². The molecule has 1 heterocycles. The summed E-state index contributed by atoms with van der Waals surface area (Å²) in [5, 5.41) is 0. The van der Waals surface area contributed by atoms with Crippen LogP contribution in [0.1, 0.15) is 19.8 Å². The van der Waals surface area contributed by atoms with E-state index >= 15 is 0 Å². The minimum atomic E-state index is -4.65. The van der Waals surface area contributed by atoms with Crippen molar-refractivity contribution >= 4 is 40.5 Å². The largest absolute Gasteiger partial charge is 0.458 e. The van der Waals surface area contributed by atoms with Gasteiger partial charge in [0.2, 0.25) is 0 Å². The Labute approximate surface area is 154 Å². The molecule has 0 radical (unpaired) electrons. The summed E-state index contributed by atoms with van der Waals surface area (Å²) >= 11 is 1.92. The molecule has 1 aliphatic heterocycles. The molecule has 140 valence electrons. The van der Waals surface area contributed by atoms with Gasteiger partial charge in [-0.25, -0.2) is 0 Å². The first-order chi connectivity index (χ1) is 11.6. The van der Waals surface area contributed by atoms with Crippen molar-refractivity contribution in [1.82, 2.24) is 0 Å². The second-order valence-corrected chi connectivity index (χ2v) is 8.02. The number of alkyl halides is 4. The number of hydrogen-bond acceptors (Lipinski definition) is 6. The third-order valence-electron chi connectivity index (χ3n) is 5.06. The maximum atomic E-state index is 12.3. The number of hydrogen-bond donors (Lipinski definition) is 0. The van der Waals surface area contributed by atoms with Crippen LogP contribution >= 0.6 is 22.6 Å². The molecular formula is C15H16F3IO6. The Bertz CT molecular complexity index is 594. The fourth-order valence-corrected chi connectivity index (χ4v) is 4.24. The molecule has 0 aromatic rings. The van der Waals surface area contributed by atoms with Gasteiger partial charge in [-0.05, 0) is 12.8 Å². The van der Waals surface area contributed by atoms with E-state index in [9.17, 15) is 27.6 Å². The molecule has 7 unspecified atom stereocenters. The molecule has 0 aromatic carbocycles. The number of esters is 3. The summed E-state index contributed by atoms with van der Waals surface area (Å²) in [7, 11) is 0. The van der Waals surface area contributed by atoms with Gasteiger partial charge < -0.3 is 14.2 Å². The molecule has 0 N–H and O–H groups in total. The van der Waals surface area contributed by atoms with Crippen molar-refractivity contribution < 1.29 is 41.8 Å². The first-order valence-corrected chi connectivity index (χ1v) is 9.17. The minimum Gasteiger partial charge on any atom is -0.458 e.